The molecule has 0 aromatic carbocycles. The topological polar surface area (TPSA) is 85.7 Å². The van der Waals surface area contributed by atoms with E-state index in [0.29, 0.717) is 27.9 Å². The van der Waals surface area contributed by atoms with Crippen LogP contribution in [0.15, 0.2) is 46.7 Å². The maximum Gasteiger partial charge on any atom is 0.422 e. The number of hydrogen-bond donors (Lipinski definition) is 1. The molecular weight excluding hydrogens is 383 g/mol. The molecule has 0 bridgehead atoms. The first-order valence-electron chi connectivity index (χ1n) is 7.79. The molecule has 0 aliphatic rings. The number of halogens is 3. The summed E-state index contributed by atoms with van der Waals surface area (Å²) >= 11 is 1.35. The van der Waals surface area contributed by atoms with Gasteiger partial charge in [-0.05, 0) is 11.8 Å². The summed E-state index contributed by atoms with van der Waals surface area (Å²) in [7, 11) is 0. The minimum atomic E-state index is -4.45. The summed E-state index contributed by atoms with van der Waals surface area (Å²) in [4.78, 5) is 21.0. The number of nitrogens with one attached hydrogen (secondary N) is 1. The van der Waals surface area contributed by atoms with Crippen LogP contribution in [0.2, 0.25) is 0 Å². The molecule has 0 amide bonds. The summed E-state index contributed by atoms with van der Waals surface area (Å²) in [5, 5.41) is 6.95. The van der Waals surface area contributed by atoms with E-state index in [0.717, 1.165) is 0 Å². The molecule has 0 aliphatic heterocycles. The third kappa shape index (κ3) is 4.67. The Hall–Kier alpha value is -2.82. The lowest BCUT2D eigenvalue weighted by Crippen LogP contribution is -2.22. The number of H-pyrrole nitrogens is 1. The summed E-state index contributed by atoms with van der Waals surface area (Å²) in [6, 6.07) is 4.09. The van der Waals surface area contributed by atoms with Crippen LogP contribution in [-0.2, 0) is 0 Å². The van der Waals surface area contributed by atoms with Crippen LogP contribution in [-0.4, -0.2) is 43.3 Å². The molecule has 3 aromatic rings. The predicted octanol–water partition coefficient (Wildman–Crippen LogP) is 3.07. The lowest BCUT2D eigenvalue weighted by atomic mass is 10.2. The molecule has 142 valence electrons. The lowest BCUT2D eigenvalue weighted by Gasteiger charge is -2.13. The van der Waals surface area contributed by atoms with Crippen molar-refractivity contribution >= 4 is 11.8 Å². The molecule has 3 rings (SSSR count). The number of rotatable bonds is 6. The molecule has 7 nitrogen and oxygen atoms in total. The number of nitrogens with zero attached hydrogens (tertiary/aromatic N) is 4. The van der Waals surface area contributed by atoms with Gasteiger partial charge in [0, 0.05) is 23.9 Å². The Bertz CT molecular complexity index is 956. The molecule has 3 heterocycles. The summed E-state index contributed by atoms with van der Waals surface area (Å²) in [6.07, 6.45) is 0.00276. The molecule has 0 radical (unpaired) electrons. The zero-order chi connectivity index (χ0) is 19.4. The van der Waals surface area contributed by atoms with E-state index in [1.54, 1.807) is 12.4 Å². The maximum absolute atomic E-state index is 12.6. The van der Waals surface area contributed by atoms with Gasteiger partial charge in [0.1, 0.15) is 0 Å². The Morgan fingerprint density at radius 1 is 1.30 bits per heavy atom. The van der Waals surface area contributed by atoms with Gasteiger partial charge in [-0.1, -0.05) is 18.7 Å². The van der Waals surface area contributed by atoms with Gasteiger partial charge in [-0.15, -0.1) is 0 Å². The van der Waals surface area contributed by atoms with E-state index >= 15 is 0 Å². The molecule has 1 N–H and O–H groups in total. The SMILES string of the molecule is CCSc1nc(-c2cn[nH]c2)cc(=O)n1-c1ccc(OCC(F)(F)F)nc1. The Kier molecular flexibility index (Phi) is 5.49. The first-order chi connectivity index (χ1) is 12.9. The molecule has 27 heavy (non-hydrogen) atoms. The van der Waals surface area contributed by atoms with Crippen molar-refractivity contribution in [3.05, 3.63) is 47.1 Å². The van der Waals surface area contributed by atoms with Crippen molar-refractivity contribution in [3.63, 3.8) is 0 Å². The Labute approximate surface area is 155 Å². The molecule has 0 saturated heterocycles. The van der Waals surface area contributed by atoms with Crippen molar-refractivity contribution in [2.45, 2.75) is 18.3 Å². The molecular formula is C16H14F3N5O2S. The quantitative estimate of drug-likeness (QED) is 0.508. The van der Waals surface area contributed by atoms with Crippen LogP contribution in [0.1, 0.15) is 6.92 Å². The molecule has 0 unspecified atom stereocenters. The van der Waals surface area contributed by atoms with Crippen LogP contribution in [0.25, 0.3) is 16.9 Å². The van der Waals surface area contributed by atoms with Gasteiger partial charge in [-0.25, -0.2) is 9.97 Å². The maximum atomic E-state index is 12.6. The number of aromatic amines is 1. The smallest absolute Gasteiger partial charge is 0.422 e. The fourth-order valence-electron chi connectivity index (χ4n) is 2.21. The Balaban J connectivity index is 1.94. The second-order valence-corrected chi connectivity index (χ2v) is 6.51. The summed E-state index contributed by atoms with van der Waals surface area (Å²) in [5.41, 5.74) is 1.18. The highest BCUT2D eigenvalue weighted by atomic mass is 32.2. The number of alkyl halides is 3. The van der Waals surface area contributed by atoms with Crippen molar-refractivity contribution in [3.8, 4) is 22.8 Å². The largest absolute Gasteiger partial charge is 0.468 e. The van der Waals surface area contributed by atoms with Crippen LogP contribution < -0.4 is 10.3 Å². The first-order valence-corrected chi connectivity index (χ1v) is 8.78. The zero-order valence-electron chi connectivity index (χ0n) is 14.0. The van der Waals surface area contributed by atoms with Gasteiger partial charge in [0.05, 0.1) is 23.8 Å². The minimum absolute atomic E-state index is 0.184. The van der Waals surface area contributed by atoms with E-state index in [1.165, 1.54) is 40.7 Å². The van der Waals surface area contributed by atoms with Crippen molar-refractivity contribution in [2.24, 2.45) is 0 Å². The second-order valence-electron chi connectivity index (χ2n) is 5.28. The monoisotopic (exact) mass is 397 g/mol. The standard InChI is InChI=1S/C16H14F3N5O2S/c1-2-27-15-23-12(10-6-21-22-7-10)5-14(25)24(15)11-3-4-13(20-8-11)26-9-16(17,18)19/h3-8H,2,9H2,1H3,(H,21,22). The van der Waals surface area contributed by atoms with Gasteiger partial charge < -0.3 is 4.74 Å². The third-order valence-corrected chi connectivity index (χ3v) is 4.14. The number of pyridine rings is 1. The van der Waals surface area contributed by atoms with Gasteiger partial charge in [-0.3, -0.25) is 14.5 Å². The summed E-state index contributed by atoms with van der Waals surface area (Å²) < 4.78 is 42.6. The van der Waals surface area contributed by atoms with E-state index in [9.17, 15) is 18.0 Å². The summed E-state index contributed by atoms with van der Waals surface area (Å²) in [5.74, 6) is 0.485. The lowest BCUT2D eigenvalue weighted by molar-refractivity contribution is -0.154. The van der Waals surface area contributed by atoms with Crippen LogP contribution in [0, 0.1) is 0 Å². The highest BCUT2D eigenvalue weighted by Gasteiger charge is 2.28. The second kappa shape index (κ2) is 7.82. The molecule has 0 spiro atoms. The Morgan fingerprint density at radius 3 is 2.70 bits per heavy atom. The number of ether oxygens (including phenoxy) is 1. The number of aromatic nitrogens is 5. The minimum Gasteiger partial charge on any atom is -0.468 e. The molecule has 0 saturated carbocycles. The van der Waals surface area contributed by atoms with Crippen LogP contribution >= 0.6 is 11.8 Å². The van der Waals surface area contributed by atoms with E-state index in [2.05, 4.69) is 24.9 Å². The van der Waals surface area contributed by atoms with Crippen molar-refractivity contribution in [1.82, 2.24) is 24.7 Å². The number of hydrogen-bond acceptors (Lipinski definition) is 6. The van der Waals surface area contributed by atoms with Gasteiger partial charge in [0.15, 0.2) is 11.8 Å². The molecule has 0 aliphatic carbocycles. The van der Waals surface area contributed by atoms with E-state index in [1.807, 2.05) is 6.92 Å². The highest BCUT2D eigenvalue weighted by Crippen LogP contribution is 2.23. The average molecular weight is 397 g/mol. The predicted molar refractivity (Wildman–Crippen MR) is 93.2 cm³/mol. The van der Waals surface area contributed by atoms with E-state index in [4.69, 9.17) is 0 Å². The fraction of sp³-hybridized carbons (Fsp3) is 0.250. The van der Waals surface area contributed by atoms with E-state index in [-0.39, 0.29) is 11.4 Å². The van der Waals surface area contributed by atoms with Gasteiger partial charge in [0.2, 0.25) is 5.88 Å². The van der Waals surface area contributed by atoms with Gasteiger partial charge >= 0.3 is 6.18 Å². The normalized spacial score (nSPS) is 11.6. The molecule has 0 fully saturated rings. The van der Waals surface area contributed by atoms with Gasteiger partial charge in [-0.2, -0.15) is 18.3 Å². The highest BCUT2D eigenvalue weighted by molar-refractivity contribution is 7.99. The van der Waals surface area contributed by atoms with Crippen LogP contribution in [0.3, 0.4) is 0 Å². The molecule has 0 atom stereocenters. The van der Waals surface area contributed by atoms with Crippen molar-refractivity contribution in [2.75, 3.05) is 12.4 Å². The van der Waals surface area contributed by atoms with Gasteiger partial charge in [0.25, 0.3) is 5.56 Å². The average Bonchev–Trinajstić information content (AvgIpc) is 3.15. The number of thioether (sulfide) groups is 1. The Morgan fingerprint density at radius 2 is 2.11 bits per heavy atom. The first kappa shape index (κ1) is 19.0. The van der Waals surface area contributed by atoms with Crippen LogP contribution in [0.4, 0.5) is 13.2 Å². The zero-order valence-corrected chi connectivity index (χ0v) is 14.8. The third-order valence-electron chi connectivity index (χ3n) is 3.32. The van der Waals surface area contributed by atoms with Crippen LogP contribution in [0.5, 0.6) is 5.88 Å². The molecule has 11 heteroatoms. The fourth-order valence-corrected chi connectivity index (χ4v) is 2.96. The summed E-state index contributed by atoms with van der Waals surface area (Å²) in [6.45, 7) is 0.481. The molecule has 3 aromatic heterocycles. The van der Waals surface area contributed by atoms with Crippen molar-refractivity contribution in [1.29, 1.82) is 0 Å². The van der Waals surface area contributed by atoms with Crippen molar-refractivity contribution < 1.29 is 17.9 Å². The van der Waals surface area contributed by atoms with E-state index < -0.39 is 12.8 Å².